The third-order valence-corrected chi connectivity index (χ3v) is 3.27. The number of hydrogen-bond donors (Lipinski definition) is 1. The molecule has 2 atom stereocenters. The molecule has 2 N–H and O–H groups in total. The van der Waals surface area contributed by atoms with Gasteiger partial charge in [-0.05, 0) is 25.7 Å². The zero-order chi connectivity index (χ0) is 11.3. The average molecular weight is 212 g/mol. The molecule has 0 aromatic heterocycles. The van der Waals surface area contributed by atoms with Gasteiger partial charge in [-0.2, -0.15) is 0 Å². The maximum Gasteiger partial charge on any atom is 0.224 e. The summed E-state index contributed by atoms with van der Waals surface area (Å²) in [7, 11) is 0. The van der Waals surface area contributed by atoms with Crippen LogP contribution in [-0.2, 0) is 4.79 Å². The quantitative estimate of drug-likeness (QED) is 0.756. The SMILES string of the molecule is CCCC(N)CC(=O)N1CCCC1CC. The predicted octanol–water partition coefficient (Wildman–Crippen LogP) is 1.90. The molecule has 0 saturated carbocycles. The maximum atomic E-state index is 11.9. The topological polar surface area (TPSA) is 46.3 Å². The van der Waals surface area contributed by atoms with Crippen LogP contribution >= 0.6 is 0 Å². The molecule has 0 aliphatic carbocycles. The van der Waals surface area contributed by atoms with Gasteiger partial charge in [-0.15, -0.1) is 0 Å². The summed E-state index contributed by atoms with van der Waals surface area (Å²) in [6, 6.07) is 0.534. The Morgan fingerprint density at radius 1 is 1.53 bits per heavy atom. The molecule has 1 aliphatic heterocycles. The van der Waals surface area contributed by atoms with E-state index in [0.29, 0.717) is 12.5 Å². The molecule has 1 amide bonds. The fourth-order valence-electron chi connectivity index (χ4n) is 2.40. The maximum absolute atomic E-state index is 11.9. The highest BCUT2D eigenvalue weighted by molar-refractivity contribution is 5.77. The van der Waals surface area contributed by atoms with Crippen LogP contribution in [0.4, 0.5) is 0 Å². The van der Waals surface area contributed by atoms with E-state index in [1.807, 2.05) is 4.90 Å². The van der Waals surface area contributed by atoms with Gasteiger partial charge in [-0.3, -0.25) is 4.79 Å². The standard InChI is InChI=1S/C12H24N2O/c1-3-6-10(13)9-12(15)14-8-5-7-11(14)4-2/h10-11H,3-9,13H2,1-2H3. The first-order valence-corrected chi connectivity index (χ1v) is 6.24. The van der Waals surface area contributed by atoms with E-state index in [-0.39, 0.29) is 11.9 Å². The number of carbonyl (C=O) groups is 1. The molecule has 15 heavy (non-hydrogen) atoms. The van der Waals surface area contributed by atoms with Crippen LogP contribution in [0.3, 0.4) is 0 Å². The van der Waals surface area contributed by atoms with Crippen molar-refractivity contribution in [1.82, 2.24) is 4.90 Å². The van der Waals surface area contributed by atoms with Gasteiger partial charge < -0.3 is 10.6 Å². The third-order valence-electron chi connectivity index (χ3n) is 3.27. The summed E-state index contributed by atoms with van der Waals surface area (Å²) in [5.41, 5.74) is 5.89. The van der Waals surface area contributed by atoms with Crippen LogP contribution in [0.15, 0.2) is 0 Å². The smallest absolute Gasteiger partial charge is 0.224 e. The van der Waals surface area contributed by atoms with Crippen LogP contribution in [0.2, 0.25) is 0 Å². The Morgan fingerprint density at radius 2 is 2.27 bits per heavy atom. The number of hydrogen-bond acceptors (Lipinski definition) is 2. The summed E-state index contributed by atoms with van der Waals surface area (Å²) >= 11 is 0. The summed E-state index contributed by atoms with van der Waals surface area (Å²) in [5.74, 6) is 0.264. The number of likely N-dealkylation sites (tertiary alicyclic amines) is 1. The molecule has 1 aliphatic rings. The highest BCUT2D eigenvalue weighted by atomic mass is 16.2. The highest BCUT2D eigenvalue weighted by Gasteiger charge is 2.27. The van der Waals surface area contributed by atoms with Crippen molar-refractivity contribution in [3.05, 3.63) is 0 Å². The van der Waals surface area contributed by atoms with Crippen molar-refractivity contribution in [2.24, 2.45) is 5.73 Å². The van der Waals surface area contributed by atoms with Crippen molar-refractivity contribution in [3.63, 3.8) is 0 Å². The lowest BCUT2D eigenvalue weighted by atomic mass is 10.1. The fourth-order valence-corrected chi connectivity index (χ4v) is 2.40. The molecule has 3 nitrogen and oxygen atoms in total. The normalized spacial score (nSPS) is 23.1. The number of carbonyl (C=O) groups excluding carboxylic acids is 1. The van der Waals surface area contributed by atoms with Crippen molar-refractivity contribution in [1.29, 1.82) is 0 Å². The van der Waals surface area contributed by atoms with E-state index in [9.17, 15) is 4.79 Å². The summed E-state index contributed by atoms with van der Waals surface area (Å²) in [4.78, 5) is 14.0. The van der Waals surface area contributed by atoms with Gasteiger partial charge in [-0.1, -0.05) is 20.3 Å². The summed E-state index contributed by atoms with van der Waals surface area (Å²) in [5, 5.41) is 0. The number of nitrogens with zero attached hydrogens (tertiary/aromatic N) is 1. The molecule has 0 radical (unpaired) electrons. The molecule has 2 unspecified atom stereocenters. The van der Waals surface area contributed by atoms with Crippen molar-refractivity contribution in [2.45, 2.75) is 64.5 Å². The molecule has 1 rings (SSSR count). The van der Waals surface area contributed by atoms with E-state index in [2.05, 4.69) is 13.8 Å². The number of nitrogens with two attached hydrogens (primary N) is 1. The number of rotatable bonds is 5. The van der Waals surface area contributed by atoms with Crippen LogP contribution in [0, 0.1) is 0 Å². The molecule has 1 fully saturated rings. The first-order valence-electron chi connectivity index (χ1n) is 6.24. The van der Waals surface area contributed by atoms with Crippen LogP contribution in [0.1, 0.15) is 52.4 Å². The third kappa shape index (κ3) is 3.49. The molecule has 0 aromatic carbocycles. The highest BCUT2D eigenvalue weighted by Crippen LogP contribution is 2.21. The molecular weight excluding hydrogens is 188 g/mol. The Morgan fingerprint density at radius 3 is 2.87 bits per heavy atom. The first-order chi connectivity index (χ1) is 7.19. The van der Waals surface area contributed by atoms with Gasteiger partial charge in [0.15, 0.2) is 0 Å². The Balaban J connectivity index is 2.38. The van der Waals surface area contributed by atoms with Gasteiger partial charge in [0, 0.05) is 25.0 Å². The zero-order valence-electron chi connectivity index (χ0n) is 10.0. The Labute approximate surface area is 93.0 Å². The summed E-state index contributed by atoms with van der Waals surface area (Å²) < 4.78 is 0. The van der Waals surface area contributed by atoms with Gasteiger partial charge in [-0.25, -0.2) is 0 Å². The molecule has 0 aromatic rings. The van der Waals surface area contributed by atoms with E-state index in [1.54, 1.807) is 0 Å². The van der Waals surface area contributed by atoms with Gasteiger partial charge in [0.25, 0.3) is 0 Å². The second-order valence-corrected chi connectivity index (χ2v) is 4.54. The lowest BCUT2D eigenvalue weighted by Crippen LogP contribution is -2.38. The van der Waals surface area contributed by atoms with E-state index in [1.165, 1.54) is 6.42 Å². The molecule has 88 valence electrons. The summed E-state index contributed by atoms with van der Waals surface area (Å²) in [6.07, 6.45) is 5.96. The minimum atomic E-state index is 0.0561. The molecule has 3 heteroatoms. The largest absolute Gasteiger partial charge is 0.340 e. The first kappa shape index (κ1) is 12.5. The van der Waals surface area contributed by atoms with E-state index in [0.717, 1.165) is 32.2 Å². The van der Waals surface area contributed by atoms with Crippen molar-refractivity contribution >= 4 is 5.91 Å². The lowest BCUT2D eigenvalue weighted by Gasteiger charge is -2.25. The van der Waals surface area contributed by atoms with Crippen LogP contribution in [-0.4, -0.2) is 29.4 Å². The second kappa shape index (κ2) is 6.11. The second-order valence-electron chi connectivity index (χ2n) is 4.54. The van der Waals surface area contributed by atoms with Crippen LogP contribution in [0.25, 0.3) is 0 Å². The van der Waals surface area contributed by atoms with Crippen molar-refractivity contribution in [3.8, 4) is 0 Å². The number of amides is 1. The summed E-state index contributed by atoms with van der Waals surface area (Å²) in [6.45, 7) is 5.20. The Bertz CT molecular complexity index is 206. The van der Waals surface area contributed by atoms with Gasteiger partial charge in [0.05, 0.1) is 0 Å². The molecule has 1 heterocycles. The van der Waals surface area contributed by atoms with Crippen molar-refractivity contribution in [2.75, 3.05) is 6.54 Å². The minimum Gasteiger partial charge on any atom is -0.340 e. The van der Waals surface area contributed by atoms with Crippen LogP contribution in [0.5, 0.6) is 0 Å². The van der Waals surface area contributed by atoms with E-state index < -0.39 is 0 Å². The predicted molar refractivity (Wildman–Crippen MR) is 62.5 cm³/mol. The average Bonchev–Trinajstić information content (AvgIpc) is 2.65. The van der Waals surface area contributed by atoms with Gasteiger partial charge >= 0.3 is 0 Å². The minimum absolute atomic E-state index is 0.0561. The van der Waals surface area contributed by atoms with Gasteiger partial charge in [0.2, 0.25) is 5.91 Å². The molecule has 0 bridgehead atoms. The van der Waals surface area contributed by atoms with Crippen LogP contribution < -0.4 is 5.73 Å². The van der Waals surface area contributed by atoms with E-state index in [4.69, 9.17) is 5.73 Å². The fraction of sp³-hybridized carbons (Fsp3) is 0.917. The zero-order valence-corrected chi connectivity index (χ0v) is 10.0. The Hall–Kier alpha value is -0.570. The molecule has 0 spiro atoms. The van der Waals surface area contributed by atoms with E-state index >= 15 is 0 Å². The molecule has 1 saturated heterocycles. The lowest BCUT2D eigenvalue weighted by molar-refractivity contribution is -0.132. The molecular formula is C12H24N2O. The van der Waals surface area contributed by atoms with Gasteiger partial charge in [0.1, 0.15) is 0 Å². The Kier molecular flexibility index (Phi) is 5.09. The van der Waals surface area contributed by atoms with Crippen molar-refractivity contribution < 1.29 is 4.79 Å². The monoisotopic (exact) mass is 212 g/mol.